The van der Waals surface area contributed by atoms with Gasteiger partial charge in [0.1, 0.15) is 11.6 Å². The van der Waals surface area contributed by atoms with E-state index in [9.17, 15) is 13.6 Å². The lowest BCUT2D eigenvalue weighted by molar-refractivity contribution is -0.141. The molecule has 2 unspecified atom stereocenters. The summed E-state index contributed by atoms with van der Waals surface area (Å²) in [5, 5.41) is 12.6. The molecule has 0 bridgehead atoms. The molecule has 1 aromatic heterocycles. The highest BCUT2D eigenvalue weighted by Gasteiger charge is 2.26. The van der Waals surface area contributed by atoms with E-state index in [-0.39, 0.29) is 23.7 Å². The number of carboxylic acid groups (broad SMARTS) is 1. The number of benzene rings is 1. The SMILES string of the molecule is CC(C(=O)O)C(C)c1nc(Cc2ccc(F)cc2F)no1. The van der Waals surface area contributed by atoms with Crippen LogP contribution in [0, 0.1) is 17.6 Å². The maximum absolute atomic E-state index is 13.5. The molecule has 0 saturated heterocycles. The molecule has 21 heavy (non-hydrogen) atoms. The lowest BCUT2D eigenvalue weighted by atomic mass is 9.96. The molecule has 0 aliphatic rings. The quantitative estimate of drug-likeness (QED) is 0.918. The van der Waals surface area contributed by atoms with E-state index in [1.54, 1.807) is 6.92 Å². The number of halogens is 2. The van der Waals surface area contributed by atoms with Gasteiger partial charge in [-0.15, -0.1) is 0 Å². The lowest BCUT2D eigenvalue weighted by Gasteiger charge is -2.10. The van der Waals surface area contributed by atoms with Gasteiger partial charge in [0.05, 0.1) is 5.92 Å². The molecule has 1 N–H and O–H groups in total. The molecule has 1 heterocycles. The highest BCUT2D eigenvalue weighted by molar-refractivity contribution is 5.70. The monoisotopic (exact) mass is 296 g/mol. The van der Waals surface area contributed by atoms with Gasteiger partial charge in [0, 0.05) is 18.4 Å². The van der Waals surface area contributed by atoms with E-state index >= 15 is 0 Å². The first kappa shape index (κ1) is 15.1. The first-order chi connectivity index (χ1) is 9.88. The third kappa shape index (κ3) is 3.42. The number of rotatable bonds is 5. The second-order valence-corrected chi connectivity index (χ2v) is 4.88. The Morgan fingerprint density at radius 1 is 1.38 bits per heavy atom. The first-order valence-corrected chi connectivity index (χ1v) is 6.37. The van der Waals surface area contributed by atoms with Crippen molar-refractivity contribution >= 4 is 5.97 Å². The average Bonchev–Trinajstić information content (AvgIpc) is 2.88. The van der Waals surface area contributed by atoms with E-state index < -0.39 is 29.4 Å². The lowest BCUT2D eigenvalue weighted by Crippen LogP contribution is -2.16. The molecule has 2 aromatic rings. The van der Waals surface area contributed by atoms with Crippen LogP contribution in [-0.4, -0.2) is 21.2 Å². The summed E-state index contributed by atoms with van der Waals surface area (Å²) in [7, 11) is 0. The van der Waals surface area contributed by atoms with Crippen molar-refractivity contribution in [1.29, 1.82) is 0 Å². The van der Waals surface area contributed by atoms with Crippen LogP contribution in [0.1, 0.15) is 37.0 Å². The molecule has 7 heteroatoms. The zero-order valence-electron chi connectivity index (χ0n) is 11.5. The van der Waals surface area contributed by atoms with Crippen molar-refractivity contribution in [3.05, 3.63) is 47.1 Å². The standard InChI is InChI=1S/C14H14F2N2O3/c1-7(8(2)14(19)20)13-17-12(18-21-13)5-9-3-4-10(15)6-11(9)16/h3-4,6-8H,5H2,1-2H3,(H,19,20). The van der Waals surface area contributed by atoms with Crippen LogP contribution in [0.25, 0.3) is 0 Å². The average molecular weight is 296 g/mol. The fourth-order valence-electron chi connectivity index (χ4n) is 1.79. The Balaban J connectivity index is 2.15. The van der Waals surface area contributed by atoms with Crippen LogP contribution >= 0.6 is 0 Å². The van der Waals surface area contributed by atoms with Crippen LogP contribution in [0.2, 0.25) is 0 Å². The van der Waals surface area contributed by atoms with Gasteiger partial charge in [-0.1, -0.05) is 25.1 Å². The van der Waals surface area contributed by atoms with Gasteiger partial charge in [0.25, 0.3) is 0 Å². The third-order valence-corrected chi connectivity index (χ3v) is 3.38. The topological polar surface area (TPSA) is 76.2 Å². The third-order valence-electron chi connectivity index (χ3n) is 3.38. The minimum atomic E-state index is -0.966. The number of aromatic nitrogens is 2. The number of hydrogen-bond acceptors (Lipinski definition) is 4. The molecule has 2 rings (SSSR count). The van der Waals surface area contributed by atoms with Crippen LogP contribution in [-0.2, 0) is 11.2 Å². The second kappa shape index (κ2) is 5.99. The summed E-state index contributed by atoms with van der Waals surface area (Å²) in [6.45, 7) is 3.20. The Labute approximate surface area is 119 Å². The van der Waals surface area contributed by atoms with E-state index in [0.717, 1.165) is 12.1 Å². The molecule has 5 nitrogen and oxygen atoms in total. The molecule has 0 spiro atoms. The van der Waals surface area contributed by atoms with Gasteiger partial charge < -0.3 is 9.63 Å². The van der Waals surface area contributed by atoms with Crippen LogP contribution in [0.5, 0.6) is 0 Å². The molecule has 0 fully saturated rings. The Morgan fingerprint density at radius 3 is 2.71 bits per heavy atom. The molecule has 2 atom stereocenters. The summed E-state index contributed by atoms with van der Waals surface area (Å²) in [5.41, 5.74) is 0.239. The summed E-state index contributed by atoms with van der Waals surface area (Å²) >= 11 is 0. The predicted octanol–water partition coefficient (Wildman–Crippen LogP) is 2.76. The smallest absolute Gasteiger partial charge is 0.307 e. The van der Waals surface area contributed by atoms with Crippen LogP contribution in [0.3, 0.4) is 0 Å². The van der Waals surface area contributed by atoms with Crippen molar-refractivity contribution in [3.8, 4) is 0 Å². The van der Waals surface area contributed by atoms with Crippen LogP contribution in [0.4, 0.5) is 8.78 Å². The Bertz CT molecular complexity index is 657. The van der Waals surface area contributed by atoms with Gasteiger partial charge in [-0.2, -0.15) is 4.98 Å². The minimum absolute atomic E-state index is 0.0454. The molecule has 0 radical (unpaired) electrons. The van der Waals surface area contributed by atoms with Gasteiger partial charge >= 0.3 is 5.97 Å². The summed E-state index contributed by atoms with van der Waals surface area (Å²) in [5.74, 6) is -3.04. The minimum Gasteiger partial charge on any atom is -0.481 e. The fourth-order valence-corrected chi connectivity index (χ4v) is 1.79. The van der Waals surface area contributed by atoms with Crippen molar-refractivity contribution in [2.45, 2.75) is 26.2 Å². The van der Waals surface area contributed by atoms with Crippen LogP contribution in [0.15, 0.2) is 22.7 Å². The van der Waals surface area contributed by atoms with Crippen molar-refractivity contribution < 1.29 is 23.2 Å². The normalized spacial score (nSPS) is 13.9. The molecule has 0 aliphatic carbocycles. The molecular weight excluding hydrogens is 282 g/mol. The maximum atomic E-state index is 13.5. The number of hydrogen-bond donors (Lipinski definition) is 1. The molecule has 112 valence electrons. The summed E-state index contributed by atoms with van der Waals surface area (Å²) in [4.78, 5) is 15.0. The predicted molar refractivity (Wildman–Crippen MR) is 68.7 cm³/mol. The van der Waals surface area contributed by atoms with Gasteiger partial charge in [0.2, 0.25) is 5.89 Å². The van der Waals surface area contributed by atoms with Gasteiger partial charge in [-0.25, -0.2) is 8.78 Å². The maximum Gasteiger partial charge on any atom is 0.307 e. The van der Waals surface area contributed by atoms with Crippen molar-refractivity contribution in [1.82, 2.24) is 10.1 Å². The molecular formula is C14H14F2N2O3. The Kier molecular flexibility index (Phi) is 4.30. The molecule has 1 aromatic carbocycles. The Hall–Kier alpha value is -2.31. The summed E-state index contributed by atoms with van der Waals surface area (Å²) in [6, 6.07) is 3.24. The van der Waals surface area contributed by atoms with Crippen molar-refractivity contribution in [3.63, 3.8) is 0 Å². The first-order valence-electron chi connectivity index (χ1n) is 6.37. The molecule has 0 saturated carbocycles. The highest BCUT2D eigenvalue weighted by atomic mass is 19.1. The second-order valence-electron chi connectivity index (χ2n) is 4.88. The van der Waals surface area contributed by atoms with Gasteiger partial charge in [-0.3, -0.25) is 4.79 Å². The van der Waals surface area contributed by atoms with E-state index in [1.807, 2.05) is 0 Å². The fraction of sp³-hybridized carbons (Fsp3) is 0.357. The summed E-state index contributed by atoms with van der Waals surface area (Å²) < 4.78 is 31.4. The van der Waals surface area contributed by atoms with E-state index in [2.05, 4.69) is 10.1 Å². The van der Waals surface area contributed by atoms with Crippen LogP contribution < -0.4 is 0 Å². The number of nitrogens with zero attached hydrogens (tertiary/aromatic N) is 2. The molecule has 0 amide bonds. The zero-order valence-corrected chi connectivity index (χ0v) is 11.5. The van der Waals surface area contributed by atoms with Gasteiger partial charge in [-0.05, 0) is 11.6 Å². The largest absolute Gasteiger partial charge is 0.481 e. The molecule has 0 aliphatic heterocycles. The highest BCUT2D eigenvalue weighted by Crippen LogP contribution is 2.23. The van der Waals surface area contributed by atoms with E-state index in [4.69, 9.17) is 9.63 Å². The number of carbonyl (C=O) groups is 1. The van der Waals surface area contributed by atoms with E-state index in [1.165, 1.54) is 13.0 Å². The van der Waals surface area contributed by atoms with Gasteiger partial charge in [0.15, 0.2) is 5.82 Å². The van der Waals surface area contributed by atoms with Crippen molar-refractivity contribution in [2.75, 3.05) is 0 Å². The summed E-state index contributed by atoms with van der Waals surface area (Å²) in [6.07, 6.45) is 0.0454. The van der Waals surface area contributed by atoms with E-state index in [0.29, 0.717) is 0 Å². The number of carboxylic acids is 1. The Morgan fingerprint density at radius 2 is 2.10 bits per heavy atom. The zero-order chi connectivity index (χ0) is 15.6. The number of aliphatic carboxylic acids is 1. The van der Waals surface area contributed by atoms with Crippen molar-refractivity contribution in [2.24, 2.45) is 5.92 Å².